The minimum Gasteiger partial charge on any atom is -0.493 e. The molecule has 22 heavy (non-hydrogen) atoms. The average Bonchev–Trinajstić information content (AvgIpc) is 2.35. The lowest BCUT2D eigenvalue weighted by atomic mass is 10.1. The van der Waals surface area contributed by atoms with E-state index in [-0.39, 0.29) is 11.8 Å². The number of hydrogen-bond donors (Lipinski definition) is 1. The van der Waals surface area contributed by atoms with Crippen molar-refractivity contribution in [3.05, 3.63) is 23.8 Å². The Morgan fingerprint density at radius 1 is 1.23 bits per heavy atom. The Morgan fingerprint density at radius 2 is 1.86 bits per heavy atom. The molecule has 1 N–H and O–H groups in total. The van der Waals surface area contributed by atoms with Gasteiger partial charge in [-0.2, -0.15) is 0 Å². The normalized spacial score (nSPS) is 13.7. The summed E-state index contributed by atoms with van der Waals surface area (Å²) in [6, 6.07) is 5.34. The fourth-order valence-electron chi connectivity index (χ4n) is 2.23. The van der Waals surface area contributed by atoms with Gasteiger partial charge in [-0.3, -0.25) is 0 Å². The topological polar surface area (TPSA) is 64.6 Å². The van der Waals surface area contributed by atoms with E-state index >= 15 is 0 Å². The van der Waals surface area contributed by atoms with E-state index in [2.05, 4.69) is 24.6 Å². The Hall–Kier alpha value is -1.05. The lowest BCUT2D eigenvalue weighted by Gasteiger charge is -2.27. The molecule has 0 bridgehead atoms. The summed E-state index contributed by atoms with van der Waals surface area (Å²) in [5, 5.41) is 0. The fraction of sp³-hybridized carbons (Fsp3) is 0.600. The van der Waals surface area contributed by atoms with Crippen molar-refractivity contribution < 1.29 is 17.9 Å². The van der Waals surface area contributed by atoms with Crippen molar-refractivity contribution in [1.29, 1.82) is 0 Å². The van der Waals surface area contributed by atoms with Crippen molar-refractivity contribution >= 4 is 18.1 Å². The van der Waals surface area contributed by atoms with Crippen LogP contribution in [0.4, 0.5) is 0 Å². The second-order valence-corrected chi connectivity index (χ2v) is 13.4. The third-order valence-corrected chi connectivity index (χ3v) is 5.12. The highest BCUT2D eigenvalue weighted by Crippen LogP contribution is 2.31. The van der Waals surface area contributed by atoms with Gasteiger partial charge in [0.2, 0.25) is 0 Å². The molecule has 1 unspecified atom stereocenters. The summed E-state index contributed by atoms with van der Waals surface area (Å²) in [7, 11) is -3.16. The molecule has 1 aromatic carbocycles. The summed E-state index contributed by atoms with van der Waals surface area (Å²) in [6.07, 6.45) is 1.26. The number of benzene rings is 1. The predicted octanol–water partition coefficient (Wildman–Crippen LogP) is 2.60. The highest BCUT2D eigenvalue weighted by molar-refractivity contribution is 7.90. The number of methoxy groups -OCH3 is 1. The van der Waals surface area contributed by atoms with Crippen LogP contribution in [0.3, 0.4) is 0 Å². The second-order valence-electron chi connectivity index (χ2n) is 6.38. The maximum Gasteiger partial charge on any atom is 0.161 e. The lowest BCUT2D eigenvalue weighted by Crippen LogP contribution is -2.45. The Labute approximate surface area is 135 Å². The van der Waals surface area contributed by atoms with Gasteiger partial charge in [-0.1, -0.05) is 25.7 Å². The van der Waals surface area contributed by atoms with Crippen LogP contribution in [0.15, 0.2) is 18.2 Å². The van der Waals surface area contributed by atoms with Crippen LogP contribution < -0.4 is 14.5 Å². The van der Waals surface area contributed by atoms with E-state index in [9.17, 15) is 8.42 Å². The van der Waals surface area contributed by atoms with E-state index < -0.39 is 18.1 Å². The van der Waals surface area contributed by atoms with Crippen LogP contribution in [-0.4, -0.2) is 42.4 Å². The first-order valence-electron chi connectivity index (χ1n) is 7.32. The molecule has 126 valence electrons. The van der Waals surface area contributed by atoms with Crippen molar-refractivity contribution in [3.63, 3.8) is 0 Å². The maximum atomic E-state index is 11.8. The van der Waals surface area contributed by atoms with Gasteiger partial charge >= 0.3 is 0 Å². The first-order valence-corrected chi connectivity index (χ1v) is 12.9. The molecule has 1 aromatic rings. The van der Waals surface area contributed by atoms with Crippen LogP contribution in [0.1, 0.15) is 18.5 Å². The van der Waals surface area contributed by atoms with Gasteiger partial charge in [-0.05, 0) is 24.6 Å². The van der Waals surface area contributed by atoms with Crippen LogP contribution in [0, 0.1) is 0 Å². The molecule has 0 aromatic heterocycles. The lowest BCUT2D eigenvalue weighted by molar-refractivity contribution is 0.310. The van der Waals surface area contributed by atoms with Crippen LogP contribution in [-0.2, 0) is 9.84 Å². The summed E-state index contributed by atoms with van der Waals surface area (Å²) in [5.41, 5.74) is 0.900. The third-order valence-electron chi connectivity index (χ3n) is 2.97. The van der Waals surface area contributed by atoms with Gasteiger partial charge in [-0.15, -0.1) is 0 Å². The van der Waals surface area contributed by atoms with E-state index in [4.69, 9.17) is 9.47 Å². The highest BCUT2D eigenvalue weighted by Gasteiger charge is 2.24. The predicted molar refractivity (Wildman–Crippen MR) is 93.1 cm³/mol. The molecule has 0 aliphatic carbocycles. The number of rotatable bonds is 8. The van der Waals surface area contributed by atoms with Gasteiger partial charge in [0.1, 0.15) is 18.1 Å². The zero-order valence-corrected chi connectivity index (χ0v) is 16.1. The second kappa shape index (κ2) is 7.48. The molecule has 0 spiro atoms. The molecule has 7 heteroatoms. The molecule has 0 saturated heterocycles. The SMILES string of the molecule is CCOc1cc(C(CS(C)(=O)=O)N[Si](C)(C)C)ccc1OC. The van der Waals surface area contributed by atoms with Crippen molar-refractivity contribution in [2.24, 2.45) is 0 Å². The standard InChI is InChI=1S/C15H27NO4SSi/c1-7-20-15-10-12(8-9-14(15)19-2)13(11-21(3,17)18)16-22(4,5)6/h8-10,13,16H,7,11H2,1-6H3. The first kappa shape index (κ1) is 19.0. The molecule has 0 aliphatic rings. The van der Waals surface area contributed by atoms with Crippen LogP contribution in [0.2, 0.25) is 19.6 Å². The van der Waals surface area contributed by atoms with Gasteiger partial charge in [0, 0.05) is 12.3 Å². The molecule has 0 amide bonds. The van der Waals surface area contributed by atoms with E-state index in [1.54, 1.807) is 7.11 Å². The molecule has 0 fully saturated rings. The highest BCUT2D eigenvalue weighted by atomic mass is 32.2. The zero-order valence-electron chi connectivity index (χ0n) is 14.3. The van der Waals surface area contributed by atoms with Gasteiger partial charge < -0.3 is 14.5 Å². The van der Waals surface area contributed by atoms with E-state index in [1.165, 1.54) is 6.26 Å². The largest absolute Gasteiger partial charge is 0.493 e. The van der Waals surface area contributed by atoms with Gasteiger partial charge in [0.15, 0.2) is 11.5 Å². The smallest absolute Gasteiger partial charge is 0.161 e. The molecule has 0 aliphatic heterocycles. The molecule has 0 radical (unpaired) electrons. The Kier molecular flexibility index (Phi) is 6.46. The fourth-order valence-corrected chi connectivity index (χ4v) is 4.57. The van der Waals surface area contributed by atoms with Crippen molar-refractivity contribution in [3.8, 4) is 11.5 Å². The van der Waals surface area contributed by atoms with Crippen LogP contribution in [0.5, 0.6) is 11.5 Å². The van der Waals surface area contributed by atoms with Gasteiger partial charge in [-0.25, -0.2) is 8.42 Å². The Morgan fingerprint density at radius 3 is 2.32 bits per heavy atom. The summed E-state index contributed by atoms with van der Waals surface area (Å²) in [6.45, 7) is 8.87. The Balaban J connectivity index is 3.20. The summed E-state index contributed by atoms with van der Waals surface area (Å²) in [4.78, 5) is 3.50. The van der Waals surface area contributed by atoms with E-state index in [0.29, 0.717) is 18.1 Å². The molecule has 1 atom stereocenters. The van der Waals surface area contributed by atoms with Crippen LogP contribution >= 0.6 is 0 Å². The minimum atomic E-state index is -3.10. The van der Waals surface area contributed by atoms with Crippen LogP contribution in [0.25, 0.3) is 0 Å². The molecule has 0 heterocycles. The summed E-state index contributed by atoms with van der Waals surface area (Å²) >= 11 is 0. The average molecular weight is 346 g/mol. The molecule has 5 nitrogen and oxygen atoms in total. The number of ether oxygens (including phenoxy) is 2. The Bertz CT molecular complexity index is 596. The van der Waals surface area contributed by atoms with E-state index in [1.807, 2.05) is 25.1 Å². The van der Waals surface area contributed by atoms with Crippen molar-refractivity contribution in [2.75, 3.05) is 25.7 Å². The van der Waals surface area contributed by atoms with Crippen molar-refractivity contribution in [2.45, 2.75) is 32.6 Å². The summed E-state index contributed by atoms with van der Waals surface area (Å²) in [5.74, 6) is 1.35. The maximum absolute atomic E-state index is 11.8. The zero-order chi connectivity index (χ0) is 17.0. The van der Waals surface area contributed by atoms with Gasteiger partial charge in [0.25, 0.3) is 0 Å². The number of sulfone groups is 1. The number of hydrogen-bond acceptors (Lipinski definition) is 5. The quantitative estimate of drug-likeness (QED) is 0.734. The monoisotopic (exact) mass is 345 g/mol. The third kappa shape index (κ3) is 6.37. The van der Waals surface area contributed by atoms with E-state index in [0.717, 1.165) is 5.56 Å². The van der Waals surface area contributed by atoms with Crippen molar-refractivity contribution in [1.82, 2.24) is 4.98 Å². The minimum absolute atomic E-state index is 0.0646. The summed E-state index contributed by atoms with van der Waals surface area (Å²) < 4.78 is 34.4. The van der Waals surface area contributed by atoms with Gasteiger partial charge in [0.05, 0.1) is 19.5 Å². The molecule has 0 saturated carbocycles. The number of nitrogens with one attached hydrogen (secondary N) is 1. The molecular formula is C15H27NO4SSi. The molecule has 1 rings (SSSR count). The molecular weight excluding hydrogens is 318 g/mol. The first-order chi connectivity index (χ1) is 10.1.